The minimum Gasteiger partial charge on any atom is -0.231 e. The third-order valence-electron chi connectivity index (χ3n) is 1.64. The number of aryl methyl sites for hydroxylation is 1. The van der Waals surface area contributed by atoms with Gasteiger partial charge in [0.05, 0.1) is 12.8 Å². The number of hydrogen-bond acceptors (Lipinski definition) is 5. The summed E-state index contributed by atoms with van der Waals surface area (Å²) >= 11 is 0. The highest BCUT2D eigenvalue weighted by molar-refractivity contribution is 7.88. The summed E-state index contributed by atoms with van der Waals surface area (Å²) < 4.78 is 24.6. The molecule has 0 aliphatic heterocycles. The second kappa shape index (κ2) is 3.38. The zero-order valence-electron chi connectivity index (χ0n) is 7.67. The van der Waals surface area contributed by atoms with E-state index in [1.54, 1.807) is 7.05 Å². The van der Waals surface area contributed by atoms with Gasteiger partial charge in [-0.2, -0.15) is 4.31 Å². The van der Waals surface area contributed by atoms with Crippen LogP contribution in [-0.4, -0.2) is 46.2 Å². The molecule has 13 heavy (non-hydrogen) atoms. The zero-order valence-corrected chi connectivity index (χ0v) is 8.48. The van der Waals surface area contributed by atoms with E-state index in [0.717, 1.165) is 6.26 Å². The SMILES string of the molecule is CN(Cc1nnnn1C)S(C)(=O)=O. The summed E-state index contributed by atoms with van der Waals surface area (Å²) in [5.41, 5.74) is 0. The van der Waals surface area contributed by atoms with E-state index in [2.05, 4.69) is 15.5 Å². The van der Waals surface area contributed by atoms with E-state index in [9.17, 15) is 8.42 Å². The molecule has 0 aromatic carbocycles. The van der Waals surface area contributed by atoms with Crippen LogP contribution in [0.15, 0.2) is 0 Å². The average Bonchev–Trinajstić information content (AvgIpc) is 2.34. The van der Waals surface area contributed by atoms with Crippen LogP contribution in [0, 0.1) is 0 Å². The Balaban J connectivity index is 2.77. The summed E-state index contributed by atoms with van der Waals surface area (Å²) in [6, 6.07) is 0. The summed E-state index contributed by atoms with van der Waals surface area (Å²) in [6.45, 7) is 0.183. The van der Waals surface area contributed by atoms with E-state index in [-0.39, 0.29) is 6.54 Å². The van der Waals surface area contributed by atoms with Crippen LogP contribution in [0.25, 0.3) is 0 Å². The molecule has 1 aromatic heterocycles. The van der Waals surface area contributed by atoms with Crippen LogP contribution in [0.1, 0.15) is 5.82 Å². The fraction of sp³-hybridized carbons (Fsp3) is 0.800. The fourth-order valence-corrected chi connectivity index (χ4v) is 1.05. The predicted octanol–water partition coefficient (Wildman–Crippen LogP) is -1.40. The van der Waals surface area contributed by atoms with Gasteiger partial charge in [-0.15, -0.1) is 5.10 Å². The first-order valence-electron chi connectivity index (χ1n) is 3.54. The van der Waals surface area contributed by atoms with Crippen LogP contribution in [0.5, 0.6) is 0 Å². The molecular formula is C5H11N5O2S. The molecule has 0 aliphatic rings. The molecule has 7 nitrogen and oxygen atoms in total. The Kier molecular flexibility index (Phi) is 2.62. The quantitative estimate of drug-likeness (QED) is 0.606. The van der Waals surface area contributed by atoms with E-state index < -0.39 is 10.0 Å². The van der Waals surface area contributed by atoms with Crippen LogP contribution in [-0.2, 0) is 23.6 Å². The van der Waals surface area contributed by atoms with Crippen LogP contribution < -0.4 is 0 Å². The van der Waals surface area contributed by atoms with Crippen molar-refractivity contribution in [3.8, 4) is 0 Å². The summed E-state index contributed by atoms with van der Waals surface area (Å²) in [5, 5.41) is 10.6. The van der Waals surface area contributed by atoms with Crippen molar-refractivity contribution in [3.05, 3.63) is 5.82 Å². The Morgan fingerprint density at radius 1 is 1.54 bits per heavy atom. The molecule has 0 spiro atoms. The highest BCUT2D eigenvalue weighted by Crippen LogP contribution is 1.99. The Morgan fingerprint density at radius 3 is 2.54 bits per heavy atom. The molecule has 0 aliphatic carbocycles. The third-order valence-corrected chi connectivity index (χ3v) is 2.90. The molecule has 0 unspecified atom stereocenters. The first kappa shape index (κ1) is 10.1. The van der Waals surface area contributed by atoms with E-state index in [1.807, 2.05) is 0 Å². The standard InChI is InChI=1S/C5H11N5O2S/c1-9(13(3,11)12)4-5-6-7-8-10(5)2/h4H2,1-3H3. The van der Waals surface area contributed by atoms with Crippen molar-refractivity contribution in [1.82, 2.24) is 24.5 Å². The predicted molar refractivity (Wildman–Crippen MR) is 45.1 cm³/mol. The maximum Gasteiger partial charge on any atom is 0.211 e. The monoisotopic (exact) mass is 205 g/mol. The van der Waals surface area contributed by atoms with E-state index in [0.29, 0.717) is 5.82 Å². The van der Waals surface area contributed by atoms with Crippen molar-refractivity contribution < 1.29 is 8.42 Å². The summed E-state index contributed by atoms with van der Waals surface area (Å²) in [7, 11) is -0.0368. The summed E-state index contributed by atoms with van der Waals surface area (Å²) in [6.07, 6.45) is 1.14. The fourth-order valence-electron chi connectivity index (χ4n) is 0.698. The third kappa shape index (κ3) is 2.46. The Morgan fingerprint density at radius 2 is 2.15 bits per heavy atom. The lowest BCUT2D eigenvalue weighted by molar-refractivity contribution is 0.452. The smallest absolute Gasteiger partial charge is 0.211 e. The van der Waals surface area contributed by atoms with Gasteiger partial charge in [0, 0.05) is 14.1 Å². The lowest BCUT2D eigenvalue weighted by Crippen LogP contribution is -2.26. The largest absolute Gasteiger partial charge is 0.231 e. The summed E-state index contributed by atoms with van der Waals surface area (Å²) in [4.78, 5) is 0. The minimum absolute atomic E-state index is 0.183. The van der Waals surface area contributed by atoms with Gasteiger partial charge in [0.25, 0.3) is 0 Å². The van der Waals surface area contributed by atoms with Crippen molar-refractivity contribution in [2.75, 3.05) is 13.3 Å². The van der Waals surface area contributed by atoms with Crippen LogP contribution >= 0.6 is 0 Å². The number of nitrogens with zero attached hydrogens (tertiary/aromatic N) is 5. The molecule has 0 atom stereocenters. The number of rotatable bonds is 3. The molecule has 1 rings (SSSR count). The van der Waals surface area contributed by atoms with E-state index in [4.69, 9.17) is 0 Å². The maximum absolute atomic E-state index is 11.0. The Labute approximate surface area is 76.4 Å². The molecule has 74 valence electrons. The van der Waals surface area contributed by atoms with Crippen molar-refractivity contribution in [2.24, 2.45) is 7.05 Å². The molecule has 0 radical (unpaired) electrons. The van der Waals surface area contributed by atoms with Gasteiger partial charge >= 0.3 is 0 Å². The lowest BCUT2D eigenvalue weighted by atomic mass is 10.6. The minimum atomic E-state index is -3.17. The highest BCUT2D eigenvalue weighted by atomic mass is 32.2. The number of hydrogen-bond donors (Lipinski definition) is 0. The van der Waals surface area contributed by atoms with Gasteiger partial charge in [-0.1, -0.05) is 0 Å². The van der Waals surface area contributed by atoms with Crippen molar-refractivity contribution in [3.63, 3.8) is 0 Å². The van der Waals surface area contributed by atoms with E-state index in [1.165, 1.54) is 16.0 Å². The molecule has 0 bridgehead atoms. The van der Waals surface area contributed by atoms with Gasteiger partial charge in [-0.25, -0.2) is 13.1 Å². The van der Waals surface area contributed by atoms with Crippen LogP contribution in [0.2, 0.25) is 0 Å². The number of sulfonamides is 1. The van der Waals surface area contributed by atoms with Gasteiger partial charge in [-0.3, -0.25) is 0 Å². The second-order valence-corrected chi connectivity index (χ2v) is 4.83. The van der Waals surface area contributed by atoms with Crippen LogP contribution in [0.3, 0.4) is 0 Å². The number of aromatic nitrogens is 4. The first-order valence-corrected chi connectivity index (χ1v) is 5.38. The zero-order chi connectivity index (χ0) is 10.1. The van der Waals surface area contributed by atoms with Gasteiger partial charge in [0.15, 0.2) is 5.82 Å². The summed E-state index contributed by atoms with van der Waals surface area (Å²) in [5.74, 6) is 0.507. The lowest BCUT2D eigenvalue weighted by Gasteiger charge is -2.11. The van der Waals surface area contributed by atoms with Crippen molar-refractivity contribution in [2.45, 2.75) is 6.54 Å². The molecule has 0 amide bonds. The normalized spacial score (nSPS) is 12.3. The molecular weight excluding hydrogens is 194 g/mol. The van der Waals surface area contributed by atoms with Gasteiger partial charge in [-0.05, 0) is 10.4 Å². The Hall–Kier alpha value is -1.02. The van der Waals surface area contributed by atoms with E-state index >= 15 is 0 Å². The van der Waals surface area contributed by atoms with Crippen molar-refractivity contribution in [1.29, 1.82) is 0 Å². The molecule has 1 aromatic rings. The molecule has 0 fully saturated rings. The number of tetrazole rings is 1. The average molecular weight is 205 g/mol. The Bertz CT molecular complexity index is 383. The van der Waals surface area contributed by atoms with Gasteiger partial charge in [0.1, 0.15) is 0 Å². The molecule has 0 saturated heterocycles. The van der Waals surface area contributed by atoms with Crippen LogP contribution in [0.4, 0.5) is 0 Å². The molecule has 1 heterocycles. The molecule has 0 N–H and O–H groups in total. The first-order chi connectivity index (χ1) is 5.91. The molecule has 8 heteroatoms. The van der Waals surface area contributed by atoms with Gasteiger partial charge < -0.3 is 0 Å². The van der Waals surface area contributed by atoms with Gasteiger partial charge in [0.2, 0.25) is 10.0 Å². The topological polar surface area (TPSA) is 81.0 Å². The maximum atomic E-state index is 11.0. The second-order valence-electron chi connectivity index (χ2n) is 2.74. The highest BCUT2D eigenvalue weighted by Gasteiger charge is 2.14. The van der Waals surface area contributed by atoms with Crippen molar-refractivity contribution >= 4 is 10.0 Å². The molecule has 0 saturated carbocycles.